The second kappa shape index (κ2) is 5.26. The largest absolute Gasteiger partial charge is 0.453 e. The molecule has 0 aliphatic carbocycles. The molecule has 0 radical (unpaired) electrons. The molecule has 1 aliphatic rings. The summed E-state index contributed by atoms with van der Waals surface area (Å²) in [6.07, 6.45) is 6.31. The van der Waals surface area contributed by atoms with E-state index in [9.17, 15) is 4.79 Å². The molecule has 1 fully saturated rings. The maximum absolute atomic E-state index is 10.6. The lowest BCUT2D eigenvalue weighted by Crippen LogP contribution is -2.29. The molecule has 0 atom stereocenters. The Bertz CT molecular complexity index is 554. The number of piperidine rings is 1. The van der Waals surface area contributed by atoms with Crippen LogP contribution in [0.2, 0.25) is 0 Å². The molecule has 0 N–H and O–H groups in total. The molecule has 98 valence electrons. The molecular formula is C15H16N2O2. The Balaban J connectivity index is 1.79. The van der Waals surface area contributed by atoms with Gasteiger partial charge >= 0.3 is 0 Å². The van der Waals surface area contributed by atoms with Gasteiger partial charge in [-0.15, -0.1) is 0 Å². The molecule has 0 aromatic carbocycles. The zero-order valence-corrected chi connectivity index (χ0v) is 10.7. The average molecular weight is 256 g/mol. The van der Waals surface area contributed by atoms with Crippen LogP contribution in [0.3, 0.4) is 0 Å². The summed E-state index contributed by atoms with van der Waals surface area (Å²) >= 11 is 0. The number of nitrogens with zero attached hydrogens (tertiary/aromatic N) is 2. The van der Waals surface area contributed by atoms with E-state index in [-0.39, 0.29) is 0 Å². The molecule has 2 aromatic rings. The molecular weight excluding hydrogens is 240 g/mol. The van der Waals surface area contributed by atoms with E-state index in [2.05, 4.69) is 9.88 Å². The van der Waals surface area contributed by atoms with Gasteiger partial charge in [0.1, 0.15) is 11.6 Å². The summed E-state index contributed by atoms with van der Waals surface area (Å²) in [5, 5.41) is 0. The van der Waals surface area contributed by atoms with E-state index in [4.69, 9.17) is 4.42 Å². The molecule has 0 saturated carbocycles. The van der Waals surface area contributed by atoms with Crippen LogP contribution in [0.1, 0.15) is 29.8 Å². The van der Waals surface area contributed by atoms with Crippen molar-refractivity contribution in [3.8, 4) is 11.3 Å². The van der Waals surface area contributed by atoms with Gasteiger partial charge in [-0.1, -0.05) is 0 Å². The van der Waals surface area contributed by atoms with Crippen LogP contribution in [0.25, 0.3) is 11.3 Å². The van der Waals surface area contributed by atoms with Crippen LogP contribution in [0.15, 0.2) is 34.9 Å². The Labute approximate surface area is 112 Å². The fourth-order valence-corrected chi connectivity index (χ4v) is 2.41. The van der Waals surface area contributed by atoms with Crippen LogP contribution in [0.4, 0.5) is 5.82 Å². The Morgan fingerprint density at radius 2 is 1.95 bits per heavy atom. The number of carbonyl (C=O) groups excluding carboxylic acids is 1. The minimum Gasteiger partial charge on any atom is -0.453 e. The highest BCUT2D eigenvalue weighted by molar-refractivity contribution is 5.72. The number of anilines is 1. The Hall–Kier alpha value is -2.10. The normalized spacial score (nSPS) is 15.5. The predicted molar refractivity (Wildman–Crippen MR) is 73.4 cm³/mol. The molecule has 3 heterocycles. The van der Waals surface area contributed by atoms with Crippen LogP contribution in [-0.2, 0) is 0 Å². The SMILES string of the molecule is O=Cc1ccc(-c2ccc(N3CCCCC3)nc2)o1. The fraction of sp³-hybridized carbons (Fsp3) is 0.333. The number of hydrogen-bond donors (Lipinski definition) is 0. The molecule has 0 spiro atoms. The molecule has 4 nitrogen and oxygen atoms in total. The van der Waals surface area contributed by atoms with Crippen LogP contribution in [-0.4, -0.2) is 24.4 Å². The van der Waals surface area contributed by atoms with Gasteiger partial charge in [-0.25, -0.2) is 4.98 Å². The van der Waals surface area contributed by atoms with E-state index in [0.717, 1.165) is 24.5 Å². The first kappa shape index (κ1) is 12.0. The zero-order valence-electron chi connectivity index (χ0n) is 10.7. The second-order valence-corrected chi connectivity index (χ2v) is 4.77. The quantitative estimate of drug-likeness (QED) is 0.791. The lowest BCUT2D eigenvalue weighted by atomic mass is 10.1. The third-order valence-corrected chi connectivity index (χ3v) is 3.46. The molecule has 3 rings (SSSR count). The Morgan fingerprint density at radius 1 is 1.11 bits per heavy atom. The van der Waals surface area contributed by atoms with E-state index in [1.165, 1.54) is 19.3 Å². The second-order valence-electron chi connectivity index (χ2n) is 4.77. The number of carbonyl (C=O) groups is 1. The molecule has 0 unspecified atom stereocenters. The molecule has 4 heteroatoms. The van der Waals surface area contributed by atoms with Crippen molar-refractivity contribution in [3.63, 3.8) is 0 Å². The summed E-state index contributed by atoms with van der Waals surface area (Å²) in [7, 11) is 0. The van der Waals surface area contributed by atoms with E-state index in [1.54, 1.807) is 18.3 Å². The van der Waals surface area contributed by atoms with Gasteiger partial charge in [0.2, 0.25) is 0 Å². The standard InChI is InChI=1S/C15H16N2O2/c18-11-13-5-6-14(19-13)12-4-7-15(16-10-12)17-8-2-1-3-9-17/h4-7,10-11H,1-3,8-9H2. The van der Waals surface area contributed by atoms with Crippen LogP contribution >= 0.6 is 0 Å². The third kappa shape index (κ3) is 2.52. The first-order chi connectivity index (χ1) is 9.36. The average Bonchev–Trinajstić information content (AvgIpc) is 2.97. The number of furan rings is 1. The number of rotatable bonds is 3. The number of aldehydes is 1. The molecule has 0 bridgehead atoms. The topological polar surface area (TPSA) is 46.3 Å². The first-order valence-corrected chi connectivity index (χ1v) is 6.63. The van der Waals surface area contributed by atoms with Crippen LogP contribution < -0.4 is 4.90 Å². The van der Waals surface area contributed by atoms with Gasteiger partial charge in [-0.05, 0) is 43.5 Å². The van der Waals surface area contributed by atoms with E-state index < -0.39 is 0 Å². The van der Waals surface area contributed by atoms with Crippen molar-refractivity contribution < 1.29 is 9.21 Å². The van der Waals surface area contributed by atoms with Gasteiger partial charge in [0, 0.05) is 24.8 Å². The summed E-state index contributed by atoms with van der Waals surface area (Å²) in [4.78, 5) is 17.4. The molecule has 1 saturated heterocycles. The van der Waals surface area contributed by atoms with Crippen LogP contribution in [0.5, 0.6) is 0 Å². The summed E-state index contributed by atoms with van der Waals surface area (Å²) in [5.74, 6) is 2.04. The summed E-state index contributed by atoms with van der Waals surface area (Å²) in [6, 6.07) is 7.47. The minimum atomic E-state index is 0.343. The first-order valence-electron chi connectivity index (χ1n) is 6.63. The lowest BCUT2D eigenvalue weighted by Gasteiger charge is -2.27. The Morgan fingerprint density at radius 3 is 2.58 bits per heavy atom. The zero-order chi connectivity index (χ0) is 13.1. The van der Waals surface area contributed by atoms with Crippen molar-refractivity contribution in [1.82, 2.24) is 4.98 Å². The highest BCUT2D eigenvalue weighted by Crippen LogP contribution is 2.24. The summed E-state index contributed by atoms with van der Waals surface area (Å²) in [6.45, 7) is 2.17. The smallest absolute Gasteiger partial charge is 0.185 e. The summed E-state index contributed by atoms with van der Waals surface area (Å²) in [5.41, 5.74) is 0.897. The number of hydrogen-bond acceptors (Lipinski definition) is 4. The van der Waals surface area contributed by atoms with Gasteiger partial charge in [0.05, 0.1) is 0 Å². The van der Waals surface area contributed by atoms with Gasteiger partial charge < -0.3 is 9.32 Å². The van der Waals surface area contributed by atoms with Gasteiger partial charge in [-0.3, -0.25) is 4.79 Å². The van der Waals surface area contributed by atoms with Crippen molar-refractivity contribution in [1.29, 1.82) is 0 Å². The van der Waals surface area contributed by atoms with E-state index in [1.807, 2.05) is 12.1 Å². The van der Waals surface area contributed by atoms with E-state index >= 15 is 0 Å². The van der Waals surface area contributed by atoms with Crippen molar-refractivity contribution in [2.75, 3.05) is 18.0 Å². The molecule has 2 aromatic heterocycles. The number of aromatic nitrogens is 1. The van der Waals surface area contributed by atoms with Crippen LogP contribution in [0, 0.1) is 0 Å². The van der Waals surface area contributed by atoms with E-state index in [0.29, 0.717) is 17.8 Å². The molecule has 19 heavy (non-hydrogen) atoms. The lowest BCUT2D eigenvalue weighted by molar-refractivity contribution is 0.110. The highest BCUT2D eigenvalue weighted by atomic mass is 16.3. The van der Waals surface area contributed by atoms with Crippen molar-refractivity contribution in [2.45, 2.75) is 19.3 Å². The van der Waals surface area contributed by atoms with Gasteiger partial charge in [0.25, 0.3) is 0 Å². The maximum Gasteiger partial charge on any atom is 0.185 e. The minimum absolute atomic E-state index is 0.343. The fourth-order valence-electron chi connectivity index (χ4n) is 2.41. The summed E-state index contributed by atoms with van der Waals surface area (Å²) < 4.78 is 5.38. The predicted octanol–water partition coefficient (Wildman–Crippen LogP) is 3.14. The third-order valence-electron chi connectivity index (χ3n) is 3.46. The van der Waals surface area contributed by atoms with Crippen molar-refractivity contribution in [3.05, 3.63) is 36.2 Å². The monoisotopic (exact) mass is 256 g/mol. The van der Waals surface area contributed by atoms with Crippen molar-refractivity contribution >= 4 is 12.1 Å². The number of pyridine rings is 1. The molecule has 1 aliphatic heterocycles. The van der Waals surface area contributed by atoms with Gasteiger partial charge in [-0.2, -0.15) is 0 Å². The van der Waals surface area contributed by atoms with Crippen molar-refractivity contribution in [2.24, 2.45) is 0 Å². The van der Waals surface area contributed by atoms with Gasteiger partial charge in [0.15, 0.2) is 12.0 Å². The Kier molecular flexibility index (Phi) is 3.31. The highest BCUT2D eigenvalue weighted by Gasteiger charge is 2.12. The maximum atomic E-state index is 10.6. The molecule has 0 amide bonds.